The fourth-order valence-electron chi connectivity index (χ4n) is 4.68. The zero-order valence-electron chi connectivity index (χ0n) is 16.4. The molecule has 0 aliphatic carbocycles. The number of fused-ring (bicyclic) bond motifs is 1. The molecule has 2 atom stereocenters. The third-order valence-electron chi connectivity index (χ3n) is 6.21. The Morgan fingerprint density at radius 1 is 1.21 bits per heavy atom. The van der Waals surface area contributed by atoms with Crippen LogP contribution in [0.4, 0.5) is 0 Å². The zero-order valence-corrected chi connectivity index (χ0v) is 16.4. The Balaban J connectivity index is 1.54. The van der Waals surface area contributed by atoms with E-state index in [0.29, 0.717) is 19.0 Å². The highest BCUT2D eigenvalue weighted by atomic mass is 16.2. The smallest absolute Gasteiger partial charge is 0.255 e. The topological polar surface area (TPSA) is 81.8 Å². The second kappa shape index (κ2) is 8.01. The van der Waals surface area contributed by atoms with Gasteiger partial charge in [-0.1, -0.05) is 25.1 Å². The van der Waals surface area contributed by atoms with Crippen LogP contribution in [-0.4, -0.2) is 59.2 Å². The largest absolute Gasteiger partial charge is 0.322 e. The van der Waals surface area contributed by atoms with Gasteiger partial charge in [0.2, 0.25) is 11.8 Å². The molecule has 2 fully saturated rings. The standard InChI is InChI=1S/C21H28N4O3/c1-2-24(16-7-4-10-22-11-16)12-14-5-3-6-15-13-25(21(28)19(14)15)17-8-9-18(26)23-20(17)27/h3,5-6,16-17,22H,2,4,7-13H2,1H3,(H,23,26,27). The third kappa shape index (κ3) is 3.56. The quantitative estimate of drug-likeness (QED) is 0.741. The van der Waals surface area contributed by atoms with Gasteiger partial charge in [0.1, 0.15) is 6.04 Å². The monoisotopic (exact) mass is 384 g/mol. The molecule has 2 unspecified atom stereocenters. The van der Waals surface area contributed by atoms with Crippen LogP contribution in [0, 0.1) is 0 Å². The van der Waals surface area contributed by atoms with E-state index in [1.807, 2.05) is 18.2 Å². The second-order valence-electron chi connectivity index (χ2n) is 7.91. The van der Waals surface area contributed by atoms with Crippen molar-refractivity contribution >= 4 is 17.7 Å². The van der Waals surface area contributed by atoms with Crippen molar-refractivity contribution in [2.24, 2.45) is 0 Å². The van der Waals surface area contributed by atoms with Crippen molar-refractivity contribution in [2.45, 2.75) is 57.8 Å². The number of amides is 3. The van der Waals surface area contributed by atoms with Crippen LogP contribution in [0.3, 0.4) is 0 Å². The summed E-state index contributed by atoms with van der Waals surface area (Å²) in [7, 11) is 0. The SMILES string of the molecule is CCN(Cc1cccc2c1C(=O)N(C1CCC(=O)NC1=O)C2)C1CCCNC1. The first-order chi connectivity index (χ1) is 13.6. The molecule has 0 saturated carbocycles. The second-order valence-corrected chi connectivity index (χ2v) is 7.91. The molecule has 3 amide bonds. The van der Waals surface area contributed by atoms with Gasteiger partial charge in [-0.2, -0.15) is 0 Å². The molecule has 2 N–H and O–H groups in total. The molecule has 1 aromatic rings. The van der Waals surface area contributed by atoms with Crippen molar-refractivity contribution in [2.75, 3.05) is 19.6 Å². The van der Waals surface area contributed by atoms with Crippen LogP contribution in [0.15, 0.2) is 18.2 Å². The van der Waals surface area contributed by atoms with E-state index in [1.54, 1.807) is 4.90 Å². The fourth-order valence-corrected chi connectivity index (χ4v) is 4.68. The third-order valence-corrected chi connectivity index (χ3v) is 6.21. The molecule has 0 radical (unpaired) electrons. The number of hydrogen-bond donors (Lipinski definition) is 2. The van der Waals surface area contributed by atoms with Crippen molar-refractivity contribution in [3.8, 4) is 0 Å². The van der Waals surface area contributed by atoms with E-state index in [0.717, 1.165) is 42.9 Å². The van der Waals surface area contributed by atoms with Crippen molar-refractivity contribution in [1.29, 1.82) is 0 Å². The number of piperidine rings is 2. The molecule has 3 aliphatic heterocycles. The molecule has 3 heterocycles. The van der Waals surface area contributed by atoms with Gasteiger partial charge in [0.15, 0.2) is 0 Å². The normalized spacial score (nSPS) is 25.2. The van der Waals surface area contributed by atoms with Gasteiger partial charge in [-0.05, 0) is 43.5 Å². The van der Waals surface area contributed by atoms with Crippen LogP contribution in [0.1, 0.15) is 54.1 Å². The minimum atomic E-state index is -0.560. The highest BCUT2D eigenvalue weighted by Crippen LogP contribution is 2.31. The zero-order chi connectivity index (χ0) is 19.7. The average molecular weight is 384 g/mol. The summed E-state index contributed by atoms with van der Waals surface area (Å²) in [6.45, 7) is 6.33. The summed E-state index contributed by atoms with van der Waals surface area (Å²) in [5, 5.41) is 5.83. The lowest BCUT2D eigenvalue weighted by molar-refractivity contribution is -0.136. The van der Waals surface area contributed by atoms with Gasteiger partial charge in [-0.15, -0.1) is 0 Å². The Kier molecular flexibility index (Phi) is 5.46. The number of carbonyl (C=O) groups excluding carboxylic acids is 3. The van der Waals surface area contributed by atoms with Gasteiger partial charge in [-0.25, -0.2) is 0 Å². The molecule has 4 rings (SSSR count). The van der Waals surface area contributed by atoms with Gasteiger partial charge < -0.3 is 10.2 Å². The van der Waals surface area contributed by atoms with Gasteiger partial charge >= 0.3 is 0 Å². The molecule has 7 heteroatoms. The molecule has 0 spiro atoms. The van der Waals surface area contributed by atoms with Crippen molar-refractivity contribution in [3.63, 3.8) is 0 Å². The first kappa shape index (κ1) is 19.1. The first-order valence-electron chi connectivity index (χ1n) is 10.3. The van der Waals surface area contributed by atoms with Crippen LogP contribution in [0.2, 0.25) is 0 Å². The van der Waals surface area contributed by atoms with Crippen LogP contribution >= 0.6 is 0 Å². The van der Waals surface area contributed by atoms with Gasteiger partial charge in [0.25, 0.3) is 5.91 Å². The number of likely N-dealkylation sites (N-methyl/N-ethyl adjacent to an activating group) is 1. The van der Waals surface area contributed by atoms with Crippen molar-refractivity contribution in [3.05, 3.63) is 34.9 Å². The van der Waals surface area contributed by atoms with E-state index in [1.165, 1.54) is 12.8 Å². The van der Waals surface area contributed by atoms with E-state index >= 15 is 0 Å². The molecule has 3 aliphatic rings. The lowest BCUT2D eigenvalue weighted by Crippen LogP contribution is -2.52. The summed E-state index contributed by atoms with van der Waals surface area (Å²) in [5.74, 6) is -0.703. The molecule has 1 aromatic carbocycles. The number of hydrogen-bond acceptors (Lipinski definition) is 5. The van der Waals surface area contributed by atoms with Crippen LogP contribution < -0.4 is 10.6 Å². The minimum Gasteiger partial charge on any atom is -0.322 e. The molecule has 2 saturated heterocycles. The molecule has 7 nitrogen and oxygen atoms in total. The molecule has 28 heavy (non-hydrogen) atoms. The predicted molar refractivity (Wildman–Crippen MR) is 104 cm³/mol. The number of rotatable bonds is 5. The maximum Gasteiger partial charge on any atom is 0.255 e. The molecular formula is C21H28N4O3. The molecular weight excluding hydrogens is 356 g/mol. The summed E-state index contributed by atoms with van der Waals surface area (Å²) >= 11 is 0. The summed E-state index contributed by atoms with van der Waals surface area (Å²) in [6.07, 6.45) is 3.03. The highest BCUT2D eigenvalue weighted by molar-refractivity contribution is 6.05. The van der Waals surface area contributed by atoms with E-state index in [4.69, 9.17) is 0 Å². The van der Waals surface area contributed by atoms with Gasteiger partial charge in [0, 0.05) is 37.7 Å². The van der Waals surface area contributed by atoms with E-state index in [-0.39, 0.29) is 24.1 Å². The Morgan fingerprint density at radius 2 is 2.07 bits per heavy atom. The number of nitrogens with one attached hydrogen (secondary N) is 2. The van der Waals surface area contributed by atoms with E-state index in [9.17, 15) is 14.4 Å². The van der Waals surface area contributed by atoms with Gasteiger partial charge in [0.05, 0.1) is 0 Å². The van der Waals surface area contributed by atoms with Crippen LogP contribution in [0.5, 0.6) is 0 Å². The van der Waals surface area contributed by atoms with Crippen molar-refractivity contribution < 1.29 is 14.4 Å². The van der Waals surface area contributed by atoms with Crippen LogP contribution in [-0.2, 0) is 22.7 Å². The average Bonchev–Trinajstić information content (AvgIpc) is 3.04. The minimum absolute atomic E-state index is 0.0853. The number of benzene rings is 1. The number of nitrogens with zero attached hydrogens (tertiary/aromatic N) is 2. The lowest BCUT2D eigenvalue weighted by atomic mass is 10.00. The summed E-state index contributed by atoms with van der Waals surface area (Å²) in [6, 6.07) is 5.93. The molecule has 150 valence electrons. The lowest BCUT2D eigenvalue weighted by Gasteiger charge is -2.34. The predicted octanol–water partition coefficient (Wildman–Crippen LogP) is 1.02. The molecule has 0 bridgehead atoms. The fraction of sp³-hybridized carbons (Fsp3) is 0.571. The number of carbonyl (C=O) groups is 3. The van der Waals surface area contributed by atoms with Gasteiger partial charge in [-0.3, -0.25) is 24.6 Å². The summed E-state index contributed by atoms with van der Waals surface area (Å²) < 4.78 is 0. The Labute approximate surface area is 165 Å². The Hall–Kier alpha value is -2.25. The summed E-state index contributed by atoms with van der Waals surface area (Å²) in [4.78, 5) is 41.0. The summed E-state index contributed by atoms with van der Waals surface area (Å²) in [5.41, 5.74) is 2.75. The first-order valence-corrected chi connectivity index (χ1v) is 10.3. The van der Waals surface area contributed by atoms with E-state index in [2.05, 4.69) is 22.5 Å². The maximum atomic E-state index is 13.2. The van der Waals surface area contributed by atoms with E-state index < -0.39 is 6.04 Å². The molecule has 0 aromatic heterocycles. The number of imide groups is 1. The Morgan fingerprint density at radius 3 is 2.79 bits per heavy atom. The van der Waals surface area contributed by atoms with Crippen LogP contribution in [0.25, 0.3) is 0 Å². The highest BCUT2D eigenvalue weighted by Gasteiger charge is 2.40. The Bertz CT molecular complexity index is 788. The van der Waals surface area contributed by atoms with Crippen molar-refractivity contribution in [1.82, 2.24) is 20.4 Å². The maximum absolute atomic E-state index is 13.2.